The Bertz CT molecular complexity index is 444. The zero-order valence-electron chi connectivity index (χ0n) is 11.0. The molecular formula is C15H20FNO. The van der Waals surface area contributed by atoms with E-state index in [0.717, 1.165) is 19.3 Å². The van der Waals surface area contributed by atoms with Crippen LogP contribution in [0.1, 0.15) is 48.5 Å². The average molecular weight is 249 g/mol. The van der Waals surface area contributed by atoms with Crippen LogP contribution in [0.15, 0.2) is 18.2 Å². The number of carbonyl (C=O) groups is 1. The molecule has 1 saturated carbocycles. The highest BCUT2D eigenvalue weighted by Gasteiger charge is 2.22. The van der Waals surface area contributed by atoms with Gasteiger partial charge in [0.25, 0.3) is 5.91 Å². The molecule has 2 unspecified atom stereocenters. The number of amides is 1. The van der Waals surface area contributed by atoms with E-state index in [0.29, 0.717) is 11.5 Å². The third-order valence-corrected chi connectivity index (χ3v) is 3.71. The molecule has 0 aromatic heterocycles. The molecule has 0 heterocycles. The fourth-order valence-electron chi connectivity index (χ4n) is 2.65. The Morgan fingerprint density at radius 2 is 2.17 bits per heavy atom. The summed E-state index contributed by atoms with van der Waals surface area (Å²) >= 11 is 0. The molecule has 0 radical (unpaired) electrons. The Hall–Kier alpha value is -1.38. The molecule has 1 fully saturated rings. The Balaban J connectivity index is 2.05. The molecule has 0 bridgehead atoms. The average Bonchev–Trinajstić information content (AvgIpc) is 2.32. The maximum atomic E-state index is 13.8. The third kappa shape index (κ3) is 2.89. The second-order valence-corrected chi connectivity index (χ2v) is 5.38. The van der Waals surface area contributed by atoms with Crippen LogP contribution in [0, 0.1) is 18.7 Å². The summed E-state index contributed by atoms with van der Waals surface area (Å²) in [5.74, 6) is -0.0411. The number of hydrogen-bond donors (Lipinski definition) is 1. The highest BCUT2D eigenvalue weighted by Crippen LogP contribution is 2.24. The fourth-order valence-corrected chi connectivity index (χ4v) is 2.65. The van der Waals surface area contributed by atoms with Crippen molar-refractivity contribution in [3.63, 3.8) is 0 Å². The van der Waals surface area contributed by atoms with Gasteiger partial charge in [-0.3, -0.25) is 4.79 Å². The SMILES string of the molecule is Cc1cccc(C(=O)NC2CCCC(C)C2)c1F. The minimum atomic E-state index is -0.404. The van der Waals surface area contributed by atoms with Gasteiger partial charge in [-0.1, -0.05) is 31.9 Å². The minimum absolute atomic E-state index is 0.160. The predicted octanol–water partition coefficient (Wildman–Crippen LogP) is 3.44. The summed E-state index contributed by atoms with van der Waals surface area (Å²) < 4.78 is 13.8. The topological polar surface area (TPSA) is 29.1 Å². The van der Waals surface area contributed by atoms with E-state index in [1.807, 2.05) is 0 Å². The van der Waals surface area contributed by atoms with Gasteiger partial charge in [0.15, 0.2) is 0 Å². The molecule has 2 nitrogen and oxygen atoms in total. The van der Waals surface area contributed by atoms with Crippen LogP contribution < -0.4 is 5.32 Å². The van der Waals surface area contributed by atoms with Crippen LogP contribution >= 0.6 is 0 Å². The van der Waals surface area contributed by atoms with Gasteiger partial charge in [0.1, 0.15) is 5.82 Å². The van der Waals surface area contributed by atoms with E-state index in [1.54, 1.807) is 25.1 Å². The van der Waals surface area contributed by atoms with Gasteiger partial charge in [-0.25, -0.2) is 4.39 Å². The Labute approximate surface area is 108 Å². The molecule has 2 atom stereocenters. The molecule has 1 aromatic rings. The van der Waals surface area contributed by atoms with Crippen LogP contribution in [0.3, 0.4) is 0 Å². The number of hydrogen-bond acceptors (Lipinski definition) is 1. The Morgan fingerprint density at radius 3 is 2.89 bits per heavy atom. The molecule has 18 heavy (non-hydrogen) atoms. The summed E-state index contributed by atoms with van der Waals surface area (Å²) in [6.07, 6.45) is 4.37. The number of nitrogens with one attached hydrogen (secondary N) is 1. The van der Waals surface area contributed by atoms with Crippen molar-refractivity contribution >= 4 is 5.91 Å². The van der Waals surface area contributed by atoms with Gasteiger partial charge in [0.2, 0.25) is 0 Å². The van der Waals surface area contributed by atoms with Crippen LogP contribution in [-0.4, -0.2) is 11.9 Å². The van der Waals surface area contributed by atoms with Crippen LogP contribution in [0.4, 0.5) is 4.39 Å². The van der Waals surface area contributed by atoms with E-state index in [-0.39, 0.29) is 17.5 Å². The molecule has 1 aliphatic rings. The number of benzene rings is 1. The van der Waals surface area contributed by atoms with Crippen LogP contribution in [0.2, 0.25) is 0 Å². The zero-order chi connectivity index (χ0) is 13.1. The second-order valence-electron chi connectivity index (χ2n) is 5.38. The molecule has 0 saturated heterocycles. The number of carbonyl (C=O) groups excluding carboxylic acids is 1. The van der Waals surface area contributed by atoms with Gasteiger partial charge in [-0.2, -0.15) is 0 Å². The van der Waals surface area contributed by atoms with Gasteiger partial charge in [0, 0.05) is 6.04 Å². The van der Waals surface area contributed by atoms with Crippen molar-refractivity contribution in [1.29, 1.82) is 0 Å². The lowest BCUT2D eigenvalue weighted by molar-refractivity contribution is 0.0917. The van der Waals surface area contributed by atoms with Gasteiger partial charge < -0.3 is 5.32 Å². The molecule has 1 aromatic carbocycles. The summed E-state index contributed by atoms with van der Waals surface area (Å²) in [4.78, 5) is 12.0. The lowest BCUT2D eigenvalue weighted by Gasteiger charge is -2.27. The van der Waals surface area contributed by atoms with E-state index in [9.17, 15) is 9.18 Å². The lowest BCUT2D eigenvalue weighted by Crippen LogP contribution is -2.38. The number of aryl methyl sites for hydroxylation is 1. The van der Waals surface area contributed by atoms with Crippen LogP contribution in [0.5, 0.6) is 0 Å². The molecule has 98 valence electrons. The molecule has 0 spiro atoms. The van der Waals surface area contributed by atoms with Crippen LogP contribution in [-0.2, 0) is 0 Å². The molecule has 3 heteroatoms. The summed E-state index contributed by atoms with van der Waals surface area (Å²) in [7, 11) is 0. The highest BCUT2D eigenvalue weighted by atomic mass is 19.1. The number of halogens is 1. The van der Waals surface area contributed by atoms with Crippen molar-refractivity contribution in [2.24, 2.45) is 5.92 Å². The minimum Gasteiger partial charge on any atom is -0.349 e. The quantitative estimate of drug-likeness (QED) is 0.854. The van der Waals surface area contributed by atoms with Crippen molar-refractivity contribution < 1.29 is 9.18 Å². The van der Waals surface area contributed by atoms with Crippen molar-refractivity contribution in [3.8, 4) is 0 Å². The van der Waals surface area contributed by atoms with Gasteiger partial charge in [0.05, 0.1) is 5.56 Å². The van der Waals surface area contributed by atoms with Gasteiger partial charge in [-0.05, 0) is 37.3 Å². The van der Waals surface area contributed by atoms with E-state index >= 15 is 0 Å². The van der Waals surface area contributed by atoms with E-state index in [4.69, 9.17) is 0 Å². The normalized spacial score (nSPS) is 23.7. The fraction of sp³-hybridized carbons (Fsp3) is 0.533. The summed E-state index contributed by atoms with van der Waals surface area (Å²) in [6.45, 7) is 3.88. The first-order valence-electron chi connectivity index (χ1n) is 6.64. The summed E-state index contributed by atoms with van der Waals surface area (Å²) in [6, 6.07) is 5.14. The molecule has 0 aliphatic heterocycles. The predicted molar refractivity (Wildman–Crippen MR) is 70.0 cm³/mol. The van der Waals surface area contributed by atoms with E-state index in [1.165, 1.54) is 6.42 Å². The van der Waals surface area contributed by atoms with Crippen molar-refractivity contribution in [1.82, 2.24) is 5.32 Å². The third-order valence-electron chi connectivity index (χ3n) is 3.71. The van der Waals surface area contributed by atoms with Gasteiger partial charge in [-0.15, -0.1) is 0 Å². The maximum Gasteiger partial charge on any atom is 0.254 e. The van der Waals surface area contributed by atoms with Crippen molar-refractivity contribution in [2.45, 2.75) is 45.6 Å². The molecular weight excluding hydrogens is 229 g/mol. The van der Waals surface area contributed by atoms with Crippen molar-refractivity contribution in [2.75, 3.05) is 0 Å². The smallest absolute Gasteiger partial charge is 0.254 e. The van der Waals surface area contributed by atoms with Gasteiger partial charge >= 0.3 is 0 Å². The molecule has 1 amide bonds. The first-order valence-corrected chi connectivity index (χ1v) is 6.64. The van der Waals surface area contributed by atoms with E-state index in [2.05, 4.69) is 12.2 Å². The highest BCUT2D eigenvalue weighted by molar-refractivity contribution is 5.94. The first kappa shape index (κ1) is 13.1. The maximum absolute atomic E-state index is 13.8. The standard InChI is InChI=1S/C15H20FNO/c1-10-5-3-7-12(9-10)17-15(18)13-8-4-6-11(2)14(13)16/h4,6,8,10,12H,3,5,7,9H2,1-2H3,(H,17,18). The number of rotatable bonds is 2. The molecule has 1 N–H and O–H groups in total. The second kappa shape index (κ2) is 5.51. The molecule has 2 rings (SSSR count). The monoisotopic (exact) mass is 249 g/mol. The molecule has 1 aliphatic carbocycles. The Kier molecular flexibility index (Phi) is 4.00. The summed E-state index contributed by atoms with van der Waals surface area (Å²) in [5, 5.41) is 2.95. The van der Waals surface area contributed by atoms with Crippen LogP contribution in [0.25, 0.3) is 0 Å². The Morgan fingerprint density at radius 1 is 1.39 bits per heavy atom. The largest absolute Gasteiger partial charge is 0.349 e. The first-order chi connectivity index (χ1) is 8.58. The van der Waals surface area contributed by atoms with Crippen molar-refractivity contribution in [3.05, 3.63) is 35.1 Å². The lowest BCUT2D eigenvalue weighted by atomic mass is 9.87. The summed E-state index contributed by atoms with van der Waals surface area (Å²) in [5.41, 5.74) is 0.674. The van der Waals surface area contributed by atoms with E-state index < -0.39 is 5.82 Å². The zero-order valence-corrected chi connectivity index (χ0v) is 11.0.